The number of hydrogen-bond donors (Lipinski definition) is 1. The van der Waals surface area contributed by atoms with Gasteiger partial charge in [-0.05, 0) is 18.1 Å². The predicted octanol–water partition coefficient (Wildman–Crippen LogP) is 2.68. The van der Waals surface area contributed by atoms with E-state index in [-0.39, 0.29) is 17.8 Å². The molecule has 7 nitrogen and oxygen atoms in total. The molecule has 1 aliphatic rings. The van der Waals surface area contributed by atoms with Gasteiger partial charge in [-0.2, -0.15) is 13.2 Å². The molecule has 0 atom stereocenters. The van der Waals surface area contributed by atoms with Gasteiger partial charge in [0.25, 0.3) is 5.56 Å². The zero-order chi connectivity index (χ0) is 22.6. The van der Waals surface area contributed by atoms with Gasteiger partial charge in [-0.15, -0.1) is 0 Å². The minimum Gasteiger partial charge on any atom is -0.349 e. The van der Waals surface area contributed by atoms with Gasteiger partial charge in [0.1, 0.15) is 0 Å². The van der Waals surface area contributed by atoms with Crippen LogP contribution in [-0.2, 0) is 17.5 Å². The van der Waals surface area contributed by atoms with E-state index >= 15 is 0 Å². The van der Waals surface area contributed by atoms with Crippen molar-refractivity contribution < 1.29 is 18.0 Å². The van der Waals surface area contributed by atoms with Crippen molar-refractivity contribution in [2.24, 2.45) is 5.92 Å². The van der Waals surface area contributed by atoms with Crippen molar-refractivity contribution in [1.82, 2.24) is 14.5 Å². The summed E-state index contributed by atoms with van der Waals surface area (Å²) in [5, 5.41) is 2.36. The van der Waals surface area contributed by atoms with E-state index in [0.29, 0.717) is 44.5 Å². The first-order valence-corrected chi connectivity index (χ1v) is 10.1. The summed E-state index contributed by atoms with van der Waals surface area (Å²) in [7, 11) is 0. The molecule has 2 heterocycles. The monoisotopic (exact) mass is 437 g/mol. The van der Waals surface area contributed by atoms with E-state index in [4.69, 9.17) is 0 Å². The maximum atomic E-state index is 13.1. The summed E-state index contributed by atoms with van der Waals surface area (Å²) in [4.78, 5) is 32.9. The highest BCUT2D eigenvalue weighted by Gasteiger charge is 2.33. The second-order valence-electron chi connectivity index (χ2n) is 7.96. The number of nitrogens with zero attached hydrogens (tertiary/aromatic N) is 4. The molecule has 1 amide bonds. The average Bonchev–Trinajstić information content (AvgIpc) is 2.69. The number of carbonyl (C=O) groups is 1. The molecule has 10 heteroatoms. The highest BCUT2D eigenvalue weighted by atomic mass is 19.4. The molecule has 2 aromatic rings. The highest BCUT2D eigenvalue weighted by molar-refractivity contribution is 5.93. The molecule has 0 aliphatic carbocycles. The van der Waals surface area contributed by atoms with Gasteiger partial charge in [-0.1, -0.05) is 26.0 Å². The largest absolute Gasteiger partial charge is 0.418 e. The van der Waals surface area contributed by atoms with Crippen molar-refractivity contribution in [1.29, 1.82) is 0 Å². The minimum absolute atomic E-state index is 0.0279. The lowest BCUT2D eigenvalue weighted by atomic mass is 10.1. The summed E-state index contributed by atoms with van der Waals surface area (Å²) in [6.07, 6.45) is -1.26. The number of piperazine rings is 1. The first-order chi connectivity index (χ1) is 14.6. The van der Waals surface area contributed by atoms with E-state index in [1.54, 1.807) is 17.0 Å². The van der Waals surface area contributed by atoms with Crippen LogP contribution in [0.3, 0.4) is 0 Å². The summed E-state index contributed by atoms with van der Waals surface area (Å²) in [6.45, 7) is 6.63. The molecule has 1 aliphatic heterocycles. The van der Waals surface area contributed by atoms with Gasteiger partial charge in [0.15, 0.2) is 5.82 Å². The van der Waals surface area contributed by atoms with Crippen LogP contribution in [0.15, 0.2) is 41.5 Å². The zero-order valence-corrected chi connectivity index (χ0v) is 17.5. The van der Waals surface area contributed by atoms with E-state index in [0.717, 1.165) is 6.07 Å². The topological polar surface area (TPSA) is 70.5 Å². The fraction of sp³-hybridized carbons (Fsp3) is 0.476. The Morgan fingerprint density at radius 3 is 2.48 bits per heavy atom. The molecular weight excluding hydrogens is 411 g/mol. The Bertz CT molecular complexity index is 966. The molecule has 0 radical (unpaired) electrons. The van der Waals surface area contributed by atoms with Gasteiger partial charge in [0.2, 0.25) is 5.91 Å². The molecule has 0 unspecified atom stereocenters. The molecule has 1 saturated heterocycles. The number of benzene rings is 1. The van der Waals surface area contributed by atoms with Gasteiger partial charge >= 0.3 is 6.18 Å². The number of carbonyl (C=O) groups excluding carboxylic acids is 1. The number of rotatable bonds is 6. The normalized spacial score (nSPS) is 15.4. The number of anilines is 2. The van der Waals surface area contributed by atoms with Crippen LogP contribution in [0.1, 0.15) is 19.4 Å². The Morgan fingerprint density at radius 2 is 1.84 bits per heavy atom. The lowest BCUT2D eigenvalue weighted by molar-refractivity contribution is -0.137. The van der Waals surface area contributed by atoms with Gasteiger partial charge in [-0.25, -0.2) is 4.98 Å². The first-order valence-electron chi connectivity index (χ1n) is 10.1. The molecule has 1 N–H and O–H groups in total. The van der Waals surface area contributed by atoms with Crippen LogP contribution < -0.4 is 15.8 Å². The third-order valence-corrected chi connectivity index (χ3v) is 5.00. The summed E-state index contributed by atoms with van der Waals surface area (Å²) in [5.41, 5.74) is -1.27. The van der Waals surface area contributed by atoms with E-state index < -0.39 is 17.6 Å². The third-order valence-electron chi connectivity index (χ3n) is 5.00. The second kappa shape index (κ2) is 9.51. The predicted molar refractivity (Wildman–Crippen MR) is 112 cm³/mol. The summed E-state index contributed by atoms with van der Waals surface area (Å²) < 4.78 is 40.9. The number of hydrogen-bond acceptors (Lipinski definition) is 5. The maximum absolute atomic E-state index is 13.1. The smallest absolute Gasteiger partial charge is 0.349 e. The van der Waals surface area contributed by atoms with Gasteiger partial charge in [-0.3, -0.25) is 14.5 Å². The van der Waals surface area contributed by atoms with Crippen molar-refractivity contribution in [2.45, 2.75) is 26.6 Å². The van der Waals surface area contributed by atoms with E-state index in [1.165, 1.54) is 18.2 Å². The SMILES string of the molecule is CC(C)Cn1ccnc(N2CCN(CC(=O)Nc3ccccc3C(F)(F)F)CC2)c1=O. The number of alkyl halides is 3. The summed E-state index contributed by atoms with van der Waals surface area (Å²) in [6, 6.07) is 4.91. The first kappa shape index (κ1) is 22.8. The standard InChI is InChI=1S/C21H26F3N5O2/c1-15(2)13-29-8-7-25-19(20(29)31)28-11-9-27(10-12-28)14-18(30)26-17-6-4-3-5-16(17)21(22,23)24/h3-8,15H,9-14H2,1-2H3,(H,26,30). The molecule has 0 bridgehead atoms. The maximum Gasteiger partial charge on any atom is 0.418 e. The lowest BCUT2D eigenvalue weighted by Gasteiger charge is -2.34. The molecular formula is C21H26F3N5O2. The van der Waals surface area contributed by atoms with Crippen LogP contribution in [0.2, 0.25) is 0 Å². The summed E-state index contributed by atoms with van der Waals surface area (Å²) in [5.74, 6) is 0.194. The van der Waals surface area contributed by atoms with Crippen LogP contribution in [0, 0.1) is 5.92 Å². The molecule has 1 aromatic carbocycles. The Morgan fingerprint density at radius 1 is 1.16 bits per heavy atom. The molecule has 0 spiro atoms. The van der Waals surface area contributed by atoms with E-state index in [1.807, 2.05) is 23.6 Å². The van der Waals surface area contributed by atoms with Crippen LogP contribution in [0.5, 0.6) is 0 Å². The number of amides is 1. The van der Waals surface area contributed by atoms with Gasteiger partial charge < -0.3 is 14.8 Å². The number of nitrogens with one attached hydrogen (secondary N) is 1. The van der Waals surface area contributed by atoms with Crippen molar-refractivity contribution in [3.63, 3.8) is 0 Å². The Kier molecular flexibility index (Phi) is 6.99. The lowest BCUT2D eigenvalue weighted by Crippen LogP contribution is -2.50. The molecule has 1 aromatic heterocycles. The Hall–Kier alpha value is -2.88. The molecule has 0 saturated carbocycles. The molecule has 1 fully saturated rings. The van der Waals surface area contributed by atoms with Crippen LogP contribution in [-0.4, -0.2) is 53.1 Å². The van der Waals surface area contributed by atoms with Crippen molar-refractivity contribution >= 4 is 17.4 Å². The molecule has 168 valence electrons. The van der Waals surface area contributed by atoms with Crippen LogP contribution in [0.4, 0.5) is 24.7 Å². The number of halogens is 3. The van der Waals surface area contributed by atoms with E-state index in [2.05, 4.69) is 10.3 Å². The van der Waals surface area contributed by atoms with E-state index in [9.17, 15) is 22.8 Å². The highest BCUT2D eigenvalue weighted by Crippen LogP contribution is 2.34. The number of para-hydroxylation sites is 1. The average molecular weight is 437 g/mol. The van der Waals surface area contributed by atoms with Crippen LogP contribution in [0.25, 0.3) is 0 Å². The zero-order valence-electron chi connectivity index (χ0n) is 17.5. The quantitative estimate of drug-likeness (QED) is 0.753. The van der Waals surface area contributed by atoms with Crippen molar-refractivity contribution in [3.05, 3.63) is 52.6 Å². The Balaban J connectivity index is 1.58. The number of aromatic nitrogens is 2. The minimum atomic E-state index is -4.54. The molecule has 31 heavy (non-hydrogen) atoms. The van der Waals surface area contributed by atoms with Gasteiger partial charge in [0, 0.05) is 45.1 Å². The molecule has 3 rings (SSSR count). The second-order valence-corrected chi connectivity index (χ2v) is 7.96. The Labute approximate surface area is 178 Å². The van der Waals surface area contributed by atoms with Crippen molar-refractivity contribution in [3.8, 4) is 0 Å². The fourth-order valence-electron chi connectivity index (χ4n) is 3.54. The fourth-order valence-corrected chi connectivity index (χ4v) is 3.54. The third kappa shape index (κ3) is 5.84. The van der Waals surface area contributed by atoms with Gasteiger partial charge in [0.05, 0.1) is 17.8 Å². The van der Waals surface area contributed by atoms with Crippen LogP contribution >= 0.6 is 0 Å². The van der Waals surface area contributed by atoms with Crippen molar-refractivity contribution in [2.75, 3.05) is 42.9 Å². The summed E-state index contributed by atoms with van der Waals surface area (Å²) >= 11 is 0.